The Morgan fingerprint density at radius 2 is 1.80 bits per heavy atom. The number of aliphatic hydroxyl groups excluding tert-OH is 1. The molecular formula is C24H20ClNO3S. The molecule has 1 aromatic heterocycles. The van der Waals surface area contributed by atoms with E-state index in [1.165, 1.54) is 16.2 Å². The third-order valence-electron chi connectivity index (χ3n) is 5.19. The number of carbonyl (C=O) groups excluding carboxylic acids is 2. The van der Waals surface area contributed by atoms with Crippen LogP contribution in [-0.2, 0) is 9.59 Å². The number of hydrogen-bond donors (Lipinski definition) is 1. The van der Waals surface area contributed by atoms with Gasteiger partial charge in [0, 0.05) is 21.2 Å². The first kappa shape index (κ1) is 20.4. The number of anilines is 1. The van der Waals surface area contributed by atoms with E-state index in [1.807, 2.05) is 41.8 Å². The van der Waals surface area contributed by atoms with Crippen LogP contribution in [0.5, 0.6) is 0 Å². The van der Waals surface area contributed by atoms with Gasteiger partial charge in [-0.15, -0.1) is 11.3 Å². The highest BCUT2D eigenvalue weighted by atomic mass is 35.5. The first-order valence-corrected chi connectivity index (χ1v) is 10.8. The van der Waals surface area contributed by atoms with Crippen LogP contribution in [0.4, 0.5) is 5.69 Å². The van der Waals surface area contributed by atoms with Crippen molar-refractivity contribution in [3.8, 4) is 0 Å². The number of benzene rings is 2. The van der Waals surface area contributed by atoms with E-state index in [-0.39, 0.29) is 11.3 Å². The third kappa shape index (κ3) is 3.55. The Bertz CT molecular complexity index is 1130. The molecule has 2 aromatic carbocycles. The Kier molecular flexibility index (Phi) is 5.50. The van der Waals surface area contributed by atoms with Crippen molar-refractivity contribution < 1.29 is 14.7 Å². The average Bonchev–Trinajstić information content (AvgIpc) is 3.35. The van der Waals surface area contributed by atoms with Crippen LogP contribution in [0, 0.1) is 0 Å². The molecule has 1 aliphatic heterocycles. The SMILES string of the molecule is CC(C)c1ccc(N2C(=O)C(=O)/C(=C(\O)c3cccc(Cl)c3)C2c2cccs2)cc1. The van der Waals surface area contributed by atoms with Crippen LogP contribution in [0.1, 0.15) is 41.8 Å². The Balaban J connectivity index is 1.88. The second-order valence-electron chi connectivity index (χ2n) is 7.44. The van der Waals surface area contributed by atoms with Crippen molar-refractivity contribution in [3.63, 3.8) is 0 Å². The highest BCUT2D eigenvalue weighted by Crippen LogP contribution is 2.43. The van der Waals surface area contributed by atoms with Crippen molar-refractivity contribution in [2.75, 3.05) is 4.90 Å². The van der Waals surface area contributed by atoms with Crippen molar-refractivity contribution in [2.45, 2.75) is 25.8 Å². The van der Waals surface area contributed by atoms with Crippen LogP contribution < -0.4 is 4.90 Å². The molecular weight excluding hydrogens is 418 g/mol. The molecule has 1 saturated heterocycles. The smallest absolute Gasteiger partial charge is 0.300 e. The van der Waals surface area contributed by atoms with Gasteiger partial charge in [0.15, 0.2) is 0 Å². The first-order valence-electron chi connectivity index (χ1n) is 9.58. The van der Waals surface area contributed by atoms with Gasteiger partial charge in [-0.1, -0.05) is 55.8 Å². The molecule has 1 fully saturated rings. The Labute approximate surface area is 184 Å². The minimum atomic E-state index is -0.709. The topological polar surface area (TPSA) is 57.6 Å². The van der Waals surface area contributed by atoms with Crippen molar-refractivity contribution in [3.05, 3.63) is 92.6 Å². The fourth-order valence-corrected chi connectivity index (χ4v) is 4.64. The number of aliphatic hydroxyl groups is 1. The number of carbonyl (C=O) groups is 2. The standard InChI is InChI=1S/C24H20ClNO3S/c1-14(2)15-8-10-18(11-9-15)26-21(19-7-4-12-30-19)20(23(28)24(26)29)22(27)16-5-3-6-17(25)13-16/h3-14,21,27H,1-2H3/b22-20-. The summed E-state index contributed by atoms with van der Waals surface area (Å²) < 4.78 is 0. The summed E-state index contributed by atoms with van der Waals surface area (Å²) in [6, 6.07) is 17.3. The molecule has 0 bridgehead atoms. The number of thiophene rings is 1. The predicted molar refractivity (Wildman–Crippen MR) is 121 cm³/mol. The minimum Gasteiger partial charge on any atom is -0.507 e. The molecule has 4 rings (SSSR count). The summed E-state index contributed by atoms with van der Waals surface area (Å²) in [5.74, 6) is -1.24. The quantitative estimate of drug-likeness (QED) is 0.302. The predicted octanol–water partition coefficient (Wildman–Crippen LogP) is 6.15. The Morgan fingerprint density at radius 1 is 1.07 bits per heavy atom. The lowest BCUT2D eigenvalue weighted by Gasteiger charge is -2.24. The van der Waals surface area contributed by atoms with Crippen LogP contribution in [0.3, 0.4) is 0 Å². The Morgan fingerprint density at radius 3 is 2.40 bits per heavy atom. The summed E-state index contributed by atoms with van der Waals surface area (Å²) in [6.07, 6.45) is 0. The molecule has 30 heavy (non-hydrogen) atoms. The van der Waals surface area contributed by atoms with Gasteiger partial charge in [-0.25, -0.2) is 0 Å². The van der Waals surface area contributed by atoms with Gasteiger partial charge in [0.2, 0.25) is 0 Å². The van der Waals surface area contributed by atoms with Crippen LogP contribution >= 0.6 is 22.9 Å². The molecule has 1 N–H and O–H groups in total. The number of halogens is 1. The molecule has 0 aliphatic carbocycles. The summed E-state index contributed by atoms with van der Waals surface area (Å²) in [6.45, 7) is 4.19. The van der Waals surface area contributed by atoms with Gasteiger partial charge in [-0.05, 0) is 47.2 Å². The molecule has 1 atom stereocenters. The van der Waals surface area contributed by atoms with Crippen LogP contribution in [0.25, 0.3) is 5.76 Å². The van der Waals surface area contributed by atoms with E-state index < -0.39 is 17.7 Å². The maximum absolute atomic E-state index is 13.1. The lowest BCUT2D eigenvalue weighted by Crippen LogP contribution is -2.29. The second kappa shape index (κ2) is 8.09. The number of nitrogens with zero attached hydrogens (tertiary/aromatic N) is 1. The molecule has 2 heterocycles. The highest BCUT2D eigenvalue weighted by Gasteiger charge is 2.47. The maximum Gasteiger partial charge on any atom is 0.300 e. The van der Waals surface area contributed by atoms with E-state index in [4.69, 9.17) is 11.6 Å². The van der Waals surface area contributed by atoms with Gasteiger partial charge in [0.25, 0.3) is 11.7 Å². The van der Waals surface area contributed by atoms with Gasteiger partial charge in [-0.3, -0.25) is 14.5 Å². The van der Waals surface area contributed by atoms with Crippen molar-refractivity contribution in [2.24, 2.45) is 0 Å². The van der Waals surface area contributed by atoms with Crippen LogP contribution in [-0.4, -0.2) is 16.8 Å². The van der Waals surface area contributed by atoms with Crippen LogP contribution in [0.2, 0.25) is 5.02 Å². The molecule has 152 valence electrons. The van der Waals surface area contributed by atoms with Gasteiger partial charge < -0.3 is 5.11 Å². The summed E-state index contributed by atoms with van der Waals surface area (Å²) >= 11 is 7.50. The zero-order valence-electron chi connectivity index (χ0n) is 16.5. The van der Waals surface area contributed by atoms with Crippen molar-refractivity contribution >= 4 is 46.1 Å². The largest absolute Gasteiger partial charge is 0.507 e. The normalized spacial score (nSPS) is 18.4. The molecule has 0 spiro atoms. The van der Waals surface area contributed by atoms with Gasteiger partial charge in [-0.2, -0.15) is 0 Å². The number of amides is 1. The highest BCUT2D eigenvalue weighted by molar-refractivity contribution is 7.10. The van der Waals surface area contributed by atoms with E-state index in [9.17, 15) is 14.7 Å². The molecule has 6 heteroatoms. The zero-order valence-corrected chi connectivity index (χ0v) is 18.1. The van der Waals surface area contributed by atoms with Crippen molar-refractivity contribution in [1.82, 2.24) is 0 Å². The van der Waals surface area contributed by atoms with E-state index in [0.717, 1.165) is 10.4 Å². The lowest BCUT2D eigenvalue weighted by molar-refractivity contribution is -0.132. The number of Topliss-reactive ketones (excluding diaryl/α,β-unsaturated/α-hetero) is 1. The minimum absolute atomic E-state index is 0.0673. The monoisotopic (exact) mass is 437 g/mol. The maximum atomic E-state index is 13.1. The van der Waals surface area contributed by atoms with Crippen LogP contribution in [0.15, 0.2) is 71.6 Å². The van der Waals surface area contributed by atoms with Gasteiger partial charge in [0.05, 0.1) is 5.57 Å². The zero-order chi connectivity index (χ0) is 21.4. The van der Waals surface area contributed by atoms with E-state index in [1.54, 1.807) is 24.3 Å². The van der Waals surface area contributed by atoms with Gasteiger partial charge >= 0.3 is 0 Å². The molecule has 4 nitrogen and oxygen atoms in total. The summed E-state index contributed by atoms with van der Waals surface area (Å²) in [5, 5.41) is 13.3. The van der Waals surface area contributed by atoms with E-state index >= 15 is 0 Å². The first-order chi connectivity index (χ1) is 14.4. The van der Waals surface area contributed by atoms with E-state index in [0.29, 0.717) is 22.2 Å². The van der Waals surface area contributed by atoms with Crippen molar-refractivity contribution in [1.29, 1.82) is 0 Å². The fraction of sp³-hybridized carbons (Fsp3) is 0.167. The third-order valence-corrected chi connectivity index (χ3v) is 6.35. The fourth-order valence-electron chi connectivity index (χ4n) is 3.63. The molecule has 0 saturated carbocycles. The summed E-state index contributed by atoms with van der Waals surface area (Å²) in [7, 11) is 0. The molecule has 1 unspecified atom stereocenters. The molecule has 3 aromatic rings. The Hall–Kier alpha value is -2.89. The number of hydrogen-bond acceptors (Lipinski definition) is 4. The van der Waals surface area contributed by atoms with Gasteiger partial charge in [0.1, 0.15) is 11.8 Å². The number of rotatable bonds is 4. The average molecular weight is 438 g/mol. The molecule has 1 amide bonds. The summed E-state index contributed by atoms with van der Waals surface area (Å²) in [4.78, 5) is 28.3. The lowest BCUT2D eigenvalue weighted by atomic mass is 9.99. The van der Waals surface area contributed by atoms with E-state index in [2.05, 4.69) is 13.8 Å². The second-order valence-corrected chi connectivity index (χ2v) is 8.86. The number of ketones is 1. The molecule has 0 radical (unpaired) electrons. The molecule has 1 aliphatic rings. The summed E-state index contributed by atoms with van der Waals surface area (Å²) in [5.41, 5.74) is 2.22.